The third-order valence-electron chi connectivity index (χ3n) is 3.19. The lowest BCUT2D eigenvalue weighted by Crippen LogP contribution is -2.56. The number of carboxylic acids is 1. The third-order valence-corrected chi connectivity index (χ3v) is 3.19. The Balaban J connectivity index is 2.11. The van der Waals surface area contributed by atoms with Crippen molar-refractivity contribution in [1.82, 2.24) is 10.2 Å². The van der Waals surface area contributed by atoms with Gasteiger partial charge in [0.15, 0.2) is 0 Å². The summed E-state index contributed by atoms with van der Waals surface area (Å²) in [5.74, 6) is -0.815. The second-order valence-electron chi connectivity index (χ2n) is 4.03. The highest BCUT2D eigenvalue weighted by atomic mass is 16.4. The molecule has 2 N–H and O–H groups in total. The number of carbonyl (C=O) groups is 2. The molecule has 14 heavy (non-hydrogen) atoms. The molecular formula is C9H14N2O3. The number of nitrogens with zero attached hydrogens (tertiary/aromatic N) is 1. The van der Waals surface area contributed by atoms with Crippen molar-refractivity contribution in [2.24, 2.45) is 0 Å². The van der Waals surface area contributed by atoms with Crippen LogP contribution in [0.25, 0.3) is 0 Å². The molecule has 1 saturated heterocycles. The molecule has 1 aliphatic carbocycles. The molecule has 2 amide bonds. The van der Waals surface area contributed by atoms with E-state index in [-0.39, 0.29) is 18.0 Å². The maximum Gasteiger partial charge on any atom is 0.318 e. The van der Waals surface area contributed by atoms with Crippen LogP contribution in [-0.4, -0.2) is 40.6 Å². The molecule has 5 nitrogen and oxygen atoms in total. The number of hydrogen-bond donors (Lipinski definition) is 2. The molecule has 0 unspecified atom stereocenters. The predicted molar refractivity (Wildman–Crippen MR) is 48.9 cm³/mol. The first-order chi connectivity index (χ1) is 6.64. The summed E-state index contributed by atoms with van der Waals surface area (Å²) in [7, 11) is 0. The first-order valence-corrected chi connectivity index (χ1v) is 4.91. The van der Waals surface area contributed by atoms with Gasteiger partial charge >= 0.3 is 12.0 Å². The van der Waals surface area contributed by atoms with Crippen LogP contribution in [0.5, 0.6) is 0 Å². The number of nitrogens with one attached hydrogen (secondary N) is 1. The molecular weight excluding hydrogens is 184 g/mol. The molecule has 2 fully saturated rings. The van der Waals surface area contributed by atoms with E-state index in [1.165, 1.54) is 0 Å². The zero-order chi connectivity index (χ0) is 10.2. The van der Waals surface area contributed by atoms with E-state index in [1.54, 1.807) is 4.90 Å². The molecule has 2 rings (SSSR count). The number of urea groups is 1. The summed E-state index contributed by atoms with van der Waals surface area (Å²) in [6, 6.07) is -0.106. The predicted octanol–water partition coefficient (Wildman–Crippen LogP) is 0.409. The monoisotopic (exact) mass is 198 g/mol. The lowest BCUT2D eigenvalue weighted by Gasteiger charge is -2.47. The SMILES string of the molecule is O=C(O)CC1(N2CCNC2=O)CCC1. The second kappa shape index (κ2) is 3.15. The lowest BCUT2D eigenvalue weighted by molar-refractivity contribution is -0.141. The van der Waals surface area contributed by atoms with E-state index < -0.39 is 5.97 Å². The number of carbonyl (C=O) groups excluding carboxylic acids is 1. The summed E-state index contributed by atoms with van der Waals surface area (Å²) < 4.78 is 0. The van der Waals surface area contributed by atoms with E-state index in [0.29, 0.717) is 13.1 Å². The highest BCUT2D eigenvalue weighted by Crippen LogP contribution is 2.41. The van der Waals surface area contributed by atoms with Gasteiger partial charge in [0.1, 0.15) is 0 Å². The first kappa shape index (κ1) is 9.30. The van der Waals surface area contributed by atoms with Gasteiger partial charge in [-0.2, -0.15) is 0 Å². The van der Waals surface area contributed by atoms with Gasteiger partial charge in [-0.1, -0.05) is 0 Å². The van der Waals surface area contributed by atoms with Gasteiger partial charge < -0.3 is 15.3 Å². The standard InChI is InChI=1S/C9H14N2O3/c12-7(13)6-9(2-1-3-9)11-5-4-10-8(11)14/h1-6H2,(H,10,14)(H,12,13). The molecule has 5 heteroatoms. The molecule has 0 bridgehead atoms. The molecule has 1 heterocycles. The number of amides is 2. The van der Waals surface area contributed by atoms with Crippen molar-refractivity contribution in [3.8, 4) is 0 Å². The summed E-state index contributed by atoms with van der Waals surface area (Å²) >= 11 is 0. The number of hydrogen-bond acceptors (Lipinski definition) is 2. The van der Waals surface area contributed by atoms with Crippen LogP contribution in [0.15, 0.2) is 0 Å². The Bertz CT molecular complexity index is 273. The summed E-state index contributed by atoms with van der Waals surface area (Å²) in [6.07, 6.45) is 2.76. The minimum atomic E-state index is -0.815. The first-order valence-electron chi connectivity index (χ1n) is 4.91. The van der Waals surface area contributed by atoms with E-state index in [0.717, 1.165) is 19.3 Å². The van der Waals surface area contributed by atoms with Crippen LogP contribution in [0.3, 0.4) is 0 Å². The van der Waals surface area contributed by atoms with E-state index in [1.807, 2.05) is 0 Å². The fourth-order valence-corrected chi connectivity index (χ4v) is 2.33. The van der Waals surface area contributed by atoms with Gasteiger partial charge in [-0.15, -0.1) is 0 Å². The minimum Gasteiger partial charge on any atom is -0.481 e. The Hall–Kier alpha value is -1.26. The van der Waals surface area contributed by atoms with Crippen LogP contribution in [-0.2, 0) is 4.79 Å². The van der Waals surface area contributed by atoms with Gasteiger partial charge in [-0.05, 0) is 19.3 Å². The maximum atomic E-state index is 11.4. The van der Waals surface area contributed by atoms with Gasteiger partial charge in [0.2, 0.25) is 0 Å². The molecule has 0 aromatic heterocycles. The Labute approximate surface area is 82.1 Å². The Morgan fingerprint density at radius 1 is 1.57 bits per heavy atom. The minimum absolute atomic E-state index is 0.0837. The largest absolute Gasteiger partial charge is 0.481 e. The summed E-state index contributed by atoms with van der Waals surface area (Å²) in [5.41, 5.74) is -0.383. The van der Waals surface area contributed by atoms with E-state index in [4.69, 9.17) is 5.11 Å². The van der Waals surface area contributed by atoms with Crippen molar-refractivity contribution in [3.05, 3.63) is 0 Å². The van der Waals surface area contributed by atoms with Crippen LogP contribution >= 0.6 is 0 Å². The van der Waals surface area contributed by atoms with Gasteiger partial charge in [-0.3, -0.25) is 4.79 Å². The fourth-order valence-electron chi connectivity index (χ4n) is 2.33. The average molecular weight is 198 g/mol. The van der Waals surface area contributed by atoms with Crippen LogP contribution < -0.4 is 5.32 Å². The fraction of sp³-hybridized carbons (Fsp3) is 0.778. The zero-order valence-corrected chi connectivity index (χ0v) is 7.95. The van der Waals surface area contributed by atoms with Gasteiger partial charge in [-0.25, -0.2) is 4.79 Å². The molecule has 0 atom stereocenters. The van der Waals surface area contributed by atoms with Crippen LogP contribution in [0.2, 0.25) is 0 Å². The van der Waals surface area contributed by atoms with E-state index in [9.17, 15) is 9.59 Å². The van der Waals surface area contributed by atoms with Crippen molar-refractivity contribution in [3.63, 3.8) is 0 Å². The zero-order valence-electron chi connectivity index (χ0n) is 7.95. The van der Waals surface area contributed by atoms with Gasteiger partial charge in [0.05, 0.1) is 12.0 Å². The van der Waals surface area contributed by atoms with E-state index in [2.05, 4.69) is 5.32 Å². The van der Waals surface area contributed by atoms with Gasteiger partial charge in [0.25, 0.3) is 0 Å². The molecule has 0 radical (unpaired) electrons. The van der Waals surface area contributed by atoms with Crippen molar-refractivity contribution in [2.45, 2.75) is 31.2 Å². The molecule has 78 valence electrons. The molecule has 0 aromatic rings. The summed E-state index contributed by atoms with van der Waals surface area (Å²) in [6.45, 7) is 1.28. The molecule has 0 aromatic carbocycles. The van der Waals surface area contributed by atoms with Gasteiger partial charge in [0, 0.05) is 13.1 Å². The summed E-state index contributed by atoms with van der Waals surface area (Å²) in [5, 5.41) is 11.5. The van der Waals surface area contributed by atoms with Crippen LogP contribution in [0.1, 0.15) is 25.7 Å². The van der Waals surface area contributed by atoms with Crippen molar-refractivity contribution in [2.75, 3.05) is 13.1 Å². The third kappa shape index (κ3) is 1.32. The Morgan fingerprint density at radius 3 is 2.64 bits per heavy atom. The topological polar surface area (TPSA) is 69.6 Å². The molecule has 1 saturated carbocycles. The van der Waals surface area contributed by atoms with Crippen molar-refractivity contribution < 1.29 is 14.7 Å². The Morgan fingerprint density at radius 2 is 2.29 bits per heavy atom. The second-order valence-corrected chi connectivity index (χ2v) is 4.03. The lowest BCUT2D eigenvalue weighted by atomic mass is 9.73. The highest BCUT2D eigenvalue weighted by molar-refractivity contribution is 5.79. The van der Waals surface area contributed by atoms with Crippen molar-refractivity contribution in [1.29, 1.82) is 0 Å². The molecule has 0 spiro atoms. The van der Waals surface area contributed by atoms with Crippen LogP contribution in [0.4, 0.5) is 4.79 Å². The highest BCUT2D eigenvalue weighted by Gasteiger charge is 2.47. The smallest absolute Gasteiger partial charge is 0.318 e. The summed E-state index contributed by atoms with van der Waals surface area (Å²) in [4.78, 5) is 23.8. The van der Waals surface area contributed by atoms with E-state index >= 15 is 0 Å². The number of rotatable bonds is 3. The molecule has 2 aliphatic rings. The van der Waals surface area contributed by atoms with Crippen molar-refractivity contribution >= 4 is 12.0 Å². The quantitative estimate of drug-likeness (QED) is 0.690. The maximum absolute atomic E-state index is 11.4. The number of aliphatic carboxylic acids is 1. The normalized spacial score (nSPS) is 24.3. The Kier molecular flexibility index (Phi) is 2.09. The number of carboxylic acid groups (broad SMARTS) is 1. The molecule has 1 aliphatic heterocycles. The van der Waals surface area contributed by atoms with Crippen LogP contribution in [0, 0.1) is 0 Å². The average Bonchev–Trinajstić information content (AvgIpc) is 2.44.